The van der Waals surface area contributed by atoms with E-state index in [0.717, 1.165) is 25.2 Å². The van der Waals surface area contributed by atoms with Gasteiger partial charge in [-0.25, -0.2) is 4.98 Å². The molecular formula is C11H19N3O2. The van der Waals surface area contributed by atoms with E-state index in [9.17, 15) is 4.79 Å². The van der Waals surface area contributed by atoms with E-state index in [1.165, 1.54) is 7.11 Å². The minimum atomic E-state index is -0.217. The van der Waals surface area contributed by atoms with Crippen molar-refractivity contribution in [1.29, 1.82) is 0 Å². The number of aromatic nitrogens is 2. The Kier molecular flexibility index (Phi) is 4.98. The quantitative estimate of drug-likeness (QED) is 0.716. The highest BCUT2D eigenvalue weighted by Gasteiger charge is 2.15. The minimum Gasteiger partial charge on any atom is -0.468 e. The lowest BCUT2D eigenvalue weighted by atomic mass is 10.2. The Morgan fingerprint density at radius 2 is 2.44 bits per heavy atom. The molecule has 0 amide bonds. The Balaban J connectivity index is 2.34. The number of hydrogen-bond donors (Lipinski definition) is 1. The molecule has 1 N–H and O–H groups in total. The summed E-state index contributed by atoms with van der Waals surface area (Å²) in [4.78, 5) is 15.5. The molecule has 5 heteroatoms. The van der Waals surface area contributed by atoms with Gasteiger partial charge in [0.15, 0.2) is 0 Å². The van der Waals surface area contributed by atoms with Gasteiger partial charge in [-0.15, -0.1) is 0 Å². The topological polar surface area (TPSA) is 56.2 Å². The molecule has 0 aromatic carbocycles. The van der Waals surface area contributed by atoms with Crippen molar-refractivity contribution in [2.24, 2.45) is 7.05 Å². The number of carbonyl (C=O) groups excluding carboxylic acids is 1. The normalized spacial score (nSPS) is 12.4. The highest BCUT2D eigenvalue weighted by atomic mass is 16.5. The lowest BCUT2D eigenvalue weighted by Crippen LogP contribution is -2.38. The molecule has 0 saturated carbocycles. The molecule has 90 valence electrons. The fourth-order valence-corrected chi connectivity index (χ4v) is 1.53. The van der Waals surface area contributed by atoms with Crippen molar-refractivity contribution in [1.82, 2.24) is 14.9 Å². The molecule has 1 aromatic rings. The van der Waals surface area contributed by atoms with Crippen LogP contribution in [-0.4, -0.2) is 35.2 Å². The van der Waals surface area contributed by atoms with Crippen molar-refractivity contribution < 1.29 is 9.53 Å². The largest absolute Gasteiger partial charge is 0.468 e. The Morgan fingerprint density at radius 1 is 1.69 bits per heavy atom. The summed E-state index contributed by atoms with van der Waals surface area (Å²) in [7, 11) is 3.37. The van der Waals surface area contributed by atoms with E-state index in [1.807, 2.05) is 24.7 Å². The number of methoxy groups -OCH3 is 1. The third-order valence-electron chi connectivity index (χ3n) is 2.55. The molecule has 1 atom stereocenters. The molecule has 0 spiro atoms. The number of carbonyl (C=O) groups is 1. The molecule has 1 heterocycles. The van der Waals surface area contributed by atoms with Crippen molar-refractivity contribution in [3.63, 3.8) is 0 Å². The number of nitrogens with zero attached hydrogens (tertiary/aromatic N) is 2. The van der Waals surface area contributed by atoms with Crippen LogP contribution in [0.1, 0.15) is 19.2 Å². The van der Waals surface area contributed by atoms with E-state index in [1.54, 1.807) is 6.20 Å². The zero-order chi connectivity index (χ0) is 12.0. The van der Waals surface area contributed by atoms with Gasteiger partial charge in [0.05, 0.1) is 7.11 Å². The molecule has 0 radical (unpaired) electrons. The fourth-order valence-electron chi connectivity index (χ4n) is 1.53. The first-order valence-corrected chi connectivity index (χ1v) is 5.46. The van der Waals surface area contributed by atoms with E-state index in [-0.39, 0.29) is 12.0 Å². The summed E-state index contributed by atoms with van der Waals surface area (Å²) in [5, 5.41) is 3.16. The van der Waals surface area contributed by atoms with Gasteiger partial charge >= 0.3 is 5.97 Å². The molecule has 0 aliphatic heterocycles. The summed E-state index contributed by atoms with van der Waals surface area (Å²) < 4.78 is 6.67. The first kappa shape index (κ1) is 12.7. The Morgan fingerprint density at radius 3 is 2.94 bits per heavy atom. The number of rotatable bonds is 6. The molecular weight excluding hydrogens is 206 g/mol. The minimum absolute atomic E-state index is 0.206. The average molecular weight is 225 g/mol. The van der Waals surface area contributed by atoms with Gasteiger partial charge in [-0.2, -0.15) is 0 Å². The number of esters is 1. The summed E-state index contributed by atoms with van der Waals surface area (Å²) in [6.45, 7) is 2.67. The van der Waals surface area contributed by atoms with Gasteiger partial charge in [0.1, 0.15) is 11.9 Å². The Bertz CT molecular complexity index is 336. The molecule has 0 bridgehead atoms. The Labute approximate surface area is 95.8 Å². The highest BCUT2D eigenvalue weighted by molar-refractivity contribution is 5.75. The Hall–Kier alpha value is -1.36. The van der Waals surface area contributed by atoms with Crippen molar-refractivity contribution in [2.45, 2.75) is 25.8 Å². The summed E-state index contributed by atoms with van der Waals surface area (Å²) in [6.07, 6.45) is 5.21. The molecule has 16 heavy (non-hydrogen) atoms. The van der Waals surface area contributed by atoms with Crippen molar-refractivity contribution in [3.05, 3.63) is 18.2 Å². The number of nitrogens with one attached hydrogen (secondary N) is 1. The third-order valence-corrected chi connectivity index (χ3v) is 2.55. The lowest BCUT2D eigenvalue weighted by Gasteiger charge is -2.13. The predicted octanol–water partition coefficient (Wildman–Crippen LogP) is 0.504. The first-order chi connectivity index (χ1) is 7.69. The molecule has 1 unspecified atom stereocenters. The van der Waals surface area contributed by atoms with Crippen LogP contribution in [0.5, 0.6) is 0 Å². The first-order valence-electron chi connectivity index (χ1n) is 5.46. The van der Waals surface area contributed by atoms with E-state index < -0.39 is 0 Å². The second-order valence-corrected chi connectivity index (χ2v) is 3.64. The summed E-state index contributed by atoms with van der Waals surface area (Å²) in [6, 6.07) is -0.217. The third kappa shape index (κ3) is 3.34. The molecule has 0 aliphatic carbocycles. The highest BCUT2D eigenvalue weighted by Crippen LogP contribution is 1.97. The van der Waals surface area contributed by atoms with Gasteiger partial charge in [-0.3, -0.25) is 4.79 Å². The average Bonchev–Trinajstić information content (AvgIpc) is 2.69. The van der Waals surface area contributed by atoms with Crippen LogP contribution in [0, 0.1) is 0 Å². The lowest BCUT2D eigenvalue weighted by molar-refractivity contribution is -0.143. The standard InChI is InChI=1S/C11H19N3O2/c1-4-9(11(15)16-3)12-6-5-10-13-7-8-14(10)2/h7-9,12H,4-6H2,1-3H3. The van der Waals surface area contributed by atoms with Crippen LogP contribution in [0.3, 0.4) is 0 Å². The summed E-state index contributed by atoms with van der Waals surface area (Å²) in [5.74, 6) is 0.801. The van der Waals surface area contributed by atoms with Crippen molar-refractivity contribution >= 4 is 5.97 Å². The zero-order valence-corrected chi connectivity index (χ0v) is 10.1. The van der Waals surface area contributed by atoms with Crippen LogP contribution in [0.25, 0.3) is 0 Å². The molecule has 1 aromatic heterocycles. The molecule has 5 nitrogen and oxygen atoms in total. The zero-order valence-electron chi connectivity index (χ0n) is 10.1. The number of imidazole rings is 1. The molecule has 0 saturated heterocycles. The maximum absolute atomic E-state index is 11.3. The van der Waals surface area contributed by atoms with E-state index in [4.69, 9.17) is 4.74 Å². The van der Waals surface area contributed by atoms with Crippen LogP contribution < -0.4 is 5.32 Å². The number of hydrogen-bond acceptors (Lipinski definition) is 4. The summed E-state index contributed by atoms with van der Waals surface area (Å²) in [5.41, 5.74) is 0. The van der Waals surface area contributed by atoms with Crippen LogP contribution >= 0.6 is 0 Å². The van der Waals surface area contributed by atoms with E-state index in [2.05, 4.69) is 10.3 Å². The molecule has 0 aliphatic rings. The second-order valence-electron chi connectivity index (χ2n) is 3.64. The van der Waals surface area contributed by atoms with Crippen LogP contribution in [0.15, 0.2) is 12.4 Å². The second kappa shape index (κ2) is 6.27. The smallest absolute Gasteiger partial charge is 0.322 e. The van der Waals surface area contributed by atoms with Crippen LogP contribution in [-0.2, 0) is 23.0 Å². The van der Waals surface area contributed by atoms with Crippen molar-refractivity contribution in [3.8, 4) is 0 Å². The maximum Gasteiger partial charge on any atom is 0.322 e. The van der Waals surface area contributed by atoms with Gasteiger partial charge in [0, 0.05) is 32.4 Å². The predicted molar refractivity (Wildman–Crippen MR) is 61.0 cm³/mol. The van der Waals surface area contributed by atoms with E-state index >= 15 is 0 Å². The van der Waals surface area contributed by atoms with Crippen LogP contribution in [0.4, 0.5) is 0 Å². The van der Waals surface area contributed by atoms with Gasteiger partial charge in [-0.1, -0.05) is 6.92 Å². The van der Waals surface area contributed by atoms with Gasteiger partial charge in [0.25, 0.3) is 0 Å². The van der Waals surface area contributed by atoms with Gasteiger partial charge in [0.2, 0.25) is 0 Å². The molecule has 1 rings (SSSR count). The SMILES string of the molecule is CCC(NCCc1nccn1C)C(=O)OC. The molecule has 0 fully saturated rings. The van der Waals surface area contributed by atoms with Crippen molar-refractivity contribution in [2.75, 3.05) is 13.7 Å². The van der Waals surface area contributed by atoms with Gasteiger partial charge in [-0.05, 0) is 6.42 Å². The fraction of sp³-hybridized carbons (Fsp3) is 0.636. The number of ether oxygens (including phenoxy) is 1. The van der Waals surface area contributed by atoms with Gasteiger partial charge < -0.3 is 14.6 Å². The maximum atomic E-state index is 11.3. The van der Waals surface area contributed by atoms with E-state index in [0.29, 0.717) is 0 Å². The monoisotopic (exact) mass is 225 g/mol. The van der Waals surface area contributed by atoms with Crippen LogP contribution in [0.2, 0.25) is 0 Å². The number of aryl methyl sites for hydroxylation is 1. The summed E-state index contributed by atoms with van der Waals surface area (Å²) >= 11 is 0.